The molecule has 1 heterocycles. The smallest absolute Gasteiger partial charge is 0.406 e. The number of nitrogens with one attached hydrogen (secondary N) is 2. The molecule has 2 amide bonds. The zero-order chi connectivity index (χ0) is 25.2. The van der Waals surface area contributed by atoms with Crippen LogP contribution in [0.5, 0.6) is 0 Å². The minimum absolute atomic E-state index is 0.124. The van der Waals surface area contributed by atoms with Crippen molar-refractivity contribution in [2.45, 2.75) is 90.1 Å². The number of esters is 1. The lowest BCUT2D eigenvalue weighted by molar-refractivity contribution is -0.150. The van der Waals surface area contributed by atoms with Gasteiger partial charge in [-0.25, -0.2) is 4.79 Å². The van der Waals surface area contributed by atoms with Gasteiger partial charge in [0.1, 0.15) is 5.56 Å². The molecule has 3 rings (SSSR count). The number of amides is 2. The summed E-state index contributed by atoms with van der Waals surface area (Å²) in [4.78, 5) is 50.7. The number of carbonyl (C=O) groups excluding carboxylic acids is 3. The summed E-state index contributed by atoms with van der Waals surface area (Å²) in [6.45, 7) is 2.85. The van der Waals surface area contributed by atoms with Crippen LogP contribution in [0.15, 0.2) is 10.9 Å². The molecule has 2 N–H and O–H groups in total. The zero-order valence-electron chi connectivity index (χ0n) is 21.0. The van der Waals surface area contributed by atoms with Crippen molar-refractivity contribution in [3.8, 4) is 0 Å². The average Bonchev–Trinajstić information content (AvgIpc) is 2.83. The normalized spacial score (nSPS) is 20.1. The molecule has 0 spiro atoms. The van der Waals surface area contributed by atoms with Crippen molar-refractivity contribution in [3.63, 3.8) is 0 Å². The average molecular weight is 490 g/mol. The van der Waals surface area contributed by atoms with Gasteiger partial charge in [0, 0.05) is 24.8 Å². The molecule has 0 aliphatic heterocycles. The first kappa shape index (κ1) is 26.8. The maximum atomic E-state index is 13.5. The predicted octanol–water partition coefficient (Wildman–Crippen LogP) is 3.11. The molecule has 0 aromatic carbocycles. The molecular weight excluding hydrogens is 450 g/mol. The Morgan fingerprint density at radius 2 is 1.80 bits per heavy atom. The Hall–Kier alpha value is -2.84. The molecule has 194 valence electrons. The second-order valence-corrected chi connectivity index (χ2v) is 9.40. The second kappa shape index (κ2) is 13.3. The summed E-state index contributed by atoms with van der Waals surface area (Å²) in [5.41, 5.74) is 1.84. The number of ether oxygens (including phenoxy) is 2. The van der Waals surface area contributed by atoms with Crippen LogP contribution in [0.1, 0.15) is 86.3 Å². The largest absolute Gasteiger partial charge is 0.466 e. The number of hydrogen-bond donors (Lipinski definition) is 2. The first-order valence-corrected chi connectivity index (χ1v) is 13.0. The van der Waals surface area contributed by atoms with Crippen molar-refractivity contribution in [1.82, 2.24) is 15.2 Å². The minimum atomic E-state index is -0.510. The van der Waals surface area contributed by atoms with E-state index in [1.54, 1.807) is 17.6 Å². The lowest BCUT2D eigenvalue weighted by Gasteiger charge is -2.30. The molecule has 2 atom stereocenters. The fraction of sp³-hybridized carbons (Fsp3) is 0.692. The van der Waals surface area contributed by atoms with E-state index >= 15 is 0 Å². The van der Waals surface area contributed by atoms with Gasteiger partial charge in [-0.2, -0.15) is 0 Å². The van der Waals surface area contributed by atoms with E-state index in [4.69, 9.17) is 4.74 Å². The van der Waals surface area contributed by atoms with E-state index in [-0.39, 0.29) is 29.1 Å². The molecule has 2 aliphatic rings. The van der Waals surface area contributed by atoms with Gasteiger partial charge in [0.15, 0.2) is 0 Å². The van der Waals surface area contributed by atoms with Crippen molar-refractivity contribution in [2.75, 3.05) is 20.3 Å². The molecule has 0 radical (unpaired) electrons. The summed E-state index contributed by atoms with van der Waals surface area (Å²) >= 11 is 0. The summed E-state index contributed by atoms with van der Waals surface area (Å²) in [6, 6.07) is 1.43. The maximum absolute atomic E-state index is 13.5. The molecule has 35 heavy (non-hydrogen) atoms. The number of methoxy groups -OCH3 is 1. The van der Waals surface area contributed by atoms with Gasteiger partial charge in [0.2, 0.25) is 0 Å². The van der Waals surface area contributed by atoms with Crippen LogP contribution in [0.3, 0.4) is 0 Å². The predicted molar refractivity (Wildman–Crippen MR) is 131 cm³/mol. The lowest BCUT2D eigenvalue weighted by atomic mass is 9.84. The number of hydrogen-bond acceptors (Lipinski definition) is 6. The second-order valence-electron chi connectivity index (χ2n) is 9.40. The molecule has 2 aliphatic carbocycles. The van der Waals surface area contributed by atoms with Crippen LogP contribution in [-0.4, -0.2) is 48.8 Å². The third kappa shape index (κ3) is 7.08. The number of rotatable bonds is 8. The summed E-state index contributed by atoms with van der Waals surface area (Å²) in [7, 11) is 1.31. The quantitative estimate of drug-likeness (QED) is 0.428. The Bertz CT molecular complexity index is 957. The lowest BCUT2D eigenvalue weighted by Crippen LogP contribution is -2.47. The van der Waals surface area contributed by atoms with Crippen LogP contribution in [-0.2, 0) is 33.7 Å². The highest BCUT2D eigenvalue weighted by atomic mass is 16.5. The van der Waals surface area contributed by atoms with Gasteiger partial charge >= 0.3 is 12.1 Å². The molecule has 1 aromatic rings. The summed E-state index contributed by atoms with van der Waals surface area (Å²) in [5.74, 6) is -1.10. The van der Waals surface area contributed by atoms with E-state index in [0.29, 0.717) is 39.0 Å². The Morgan fingerprint density at radius 3 is 2.54 bits per heavy atom. The van der Waals surface area contributed by atoms with Crippen molar-refractivity contribution in [3.05, 3.63) is 33.2 Å². The highest BCUT2D eigenvalue weighted by molar-refractivity contribution is 5.94. The first-order chi connectivity index (χ1) is 17.0. The van der Waals surface area contributed by atoms with Crippen molar-refractivity contribution >= 4 is 18.0 Å². The van der Waals surface area contributed by atoms with Crippen molar-refractivity contribution in [1.29, 1.82) is 0 Å². The molecule has 1 fully saturated rings. The Kier molecular flexibility index (Phi) is 10.2. The third-order valence-electron chi connectivity index (χ3n) is 7.03. The molecule has 0 saturated heterocycles. The molecule has 1 aromatic heterocycles. The fourth-order valence-electron chi connectivity index (χ4n) is 5.21. The van der Waals surface area contributed by atoms with E-state index < -0.39 is 12.0 Å². The fourth-order valence-corrected chi connectivity index (χ4v) is 5.21. The van der Waals surface area contributed by atoms with Crippen LogP contribution >= 0.6 is 0 Å². The Morgan fingerprint density at radius 1 is 1.06 bits per heavy atom. The van der Waals surface area contributed by atoms with Crippen LogP contribution in [0.25, 0.3) is 0 Å². The Labute approximate surface area is 206 Å². The highest BCUT2D eigenvalue weighted by Crippen LogP contribution is 2.26. The third-order valence-corrected chi connectivity index (χ3v) is 7.03. The monoisotopic (exact) mass is 489 g/mol. The van der Waals surface area contributed by atoms with Gasteiger partial charge in [-0.3, -0.25) is 14.4 Å². The molecule has 9 heteroatoms. The number of carbonyl (C=O) groups is 3. The molecule has 1 saturated carbocycles. The summed E-state index contributed by atoms with van der Waals surface area (Å²) in [5, 5.41) is 5.63. The molecule has 0 bridgehead atoms. The van der Waals surface area contributed by atoms with E-state index in [1.807, 2.05) is 0 Å². The maximum Gasteiger partial charge on any atom is 0.406 e. The van der Waals surface area contributed by atoms with E-state index in [0.717, 1.165) is 62.6 Å². The van der Waals surface area contributed by atoms with E-state index in [2.05, 4.69) is 15.4 Å². The van der Waals surface area contributed by atoms with Gasteiger partial charge in [0.05, 0.1) is 19.6 Å². The van der Waals surface area contributed by atoms with Gasteiger partial charge in [-0.1, -0.05) is 25.7 Å². The standard InChI is InChI=1S/C26H39N3O6/c1-3-35-25(32)19-12-8-9-13-21(19)28-23(30)20-17-18-11-6-4-5-7-14-22(18)29(24(20)31)16-10-15-27-26(33)34-2/h17,19,21H,3-16H2,1-2H3,(H,27,33)(H,28,30). The van der Waals surface area contributed by atoms with E-state index in [9.17, 15) is 19.2 Å². The Balaban J connectivity index is 1.85. The van der Waals surface area contributed by atoms with Crippen LogP contribution in [0.2, 0.25) is 0 Å². The number of alkyl carbamates (subject to hydrolysis) is 1. The molecule has 2 unspecified atom stereocenters. The number of nitrogens with zero attached hydrogens (tertiary/aromatic N) is 1. The number of aromatic nitrogens is 1. The SMILES string of the molecule is CCOC(=O)C1CCCCC1NC(=O)c1cc2c(n(CCCNC(=O)OC)c1=O)CCCCCC2. The van der Waals surface area contributed by atoms with Crippen molar-refractivity contribution < 1.29 is 23.9 Å². The van der Waals surface area contributed by atoms with Crippen LogP contribution in [0.4, 0.5) is 4.79 Å². The van der Waals surface area contributed by atoms with Gasteiger partial charge in [0.25, 0.3) is 11.5 Å². The molecular formula is C26H39N3O6. The summed E-state index contributed by atoms with van der Waals surface area (Å²) < 4.78 is 11.6. The first-order valence-electron chi connectivity index (χ1n) is 13.0. The van der Waals surface area contributed by atoms with Crippen LogP contribution in [0, 0.1) is 5.92 Å². The van der Waals surface area contributed by atoms with E-state index in [1.165, 1.54) is 7.11 Å². The summed E-state index contributed by atoms with van der Waals surface area (Å²) in [6.07, 6.45) is 9.12. The van der Waals surface area contributed by atoms with Gasteiger partial charge in [-0.05, 0) is 63.5 Å². The van der Waals surface area contributed by atoms with Crippen molar-refractivity contribution in [2.24, 2.45) is 5.92 Å². The topological polar surface area (TPSA) is 116 Å². The highest BCUT2D eigenvalue weighted by Gasteiger charge is 2.34. The van der Waals surface area contributed by atoms with Crippen LogP contribution < -0.4 is 16.2 Å². The van der Waals surface area contributed by atoms with Gasteiger partial charge < -0.3 is 24.7 Å². The number of fused-ring (bicyclic) bond motifs is 1. The number of aryl methyl sites for hydroxylation is 1. The molecule has 9 nitrogen and oxygen atoms in total. The van der Waals surface area contributed by atoms with Gasteiger partial charge in [-0.15, -0.1) is 0 Å². The zero-order valence-corrected chi connectivity index (χ0v) is 21.0. The minimum Gasteiger partial charge on any atom is -0.466 e. The number of pyridine rings is 1.